The Labute approximate surface area is 175 Å². The number of carbonyl (C=O) groups is 2. The minimum absolute atomic E-state index is 0.0936. The topological polar surface area (TPSA) is 86.8 Å². The number of piperidine rings is 1. The van der Waals surface area contributed by atoms with Crippen LogP contribution in [0.1, 0.15) is 19.8 Å². The minimum Gasteiger partial charge on any atom is -0.326 e. The monoisotopic (exact) mass is 433 g/mol. The van der Waals surface area contributed by atoms with E-state index in [1.165, 1.54) is 34.3 Å². The summed E-state index contributed by atoms with van der Waals surface area (Å²) in [6, 6.07) is 12.2. The van der Waals surface area contributed by atoms with Crippen molar-refractivity contribution in [2.24, 2.45) is 5.92 Å². The second kappa shape index (κ2) is 8.93. The van der Waals surface area contributed by atoms with Gasteiger partial charge in [-0.1, -0.05) is 12.1 Å². The molecule has 0 bridgehead atoms. The number of halogens is 1. The first kappa shape index (κ1) is 21.9. The van der Waals surface area contributed by atoms with Crippen molar-refractivity contribution in [3.8, 4) is 0 Å². The minimum atomic E-state index is -3.93. The lowest BCUT2D eigenvalue weighted by Crippen LogP contribution is -2.41. The van der Waals surface area contributed by atoms with Crippen LogP contribution in [0.3, 0.4) is 0 Å². The highest BCUT2D eigenvalue weighted by atomic mass is 32.2. The molecule has 2 amide bonds. The molecule has 0 aromatic heterocycles. The Morgan fingerprint density at radius 3 is 2.23 bits per heavy atom. The summed E-state index contributed by atoms with van der Waals surface area (Å²) in [5.41, 5.74) is 1.31. The Balaban J connectivity index is 1.59. The zero-order chi connectivity index (χ0) is 21.9. The van der Waals surface area contributed by atoms with Gasteiger partial charge in [-0.25, -0.2) is 12.8 Å². The lowest BCUT2D eigenvalue weighted by atomic mass is 9.97. The number of carbonyl (C=O) groups excluding carboxylic acids is 2. The Morgan fingerprint density at radius 1 is 1.07 bits per heavy atom. The van der Waals surface area contributed by atoms with Crippen LogP contribution in [0.4, 0.5) is 15.8 Å². The third kappa shape index (κ3) is 4.68. The highest BCUT2D eigenvalue weighted by Gasteiger charge is 2.33. The number of hydrogen-bond acceptors (Lipinski definition) is 4. The van der Waals surface area contributed by atoms with Crippen molar-refractivity contribution in [3.63, 3.8) is 0 Å². The number of benzene rings is 2. The van der Waals surface area contributed by atoms with Crippen molar-refractivity contribution < 1.29 is 22.4 Å². The number of sulfonamides is 1. The molecule has 7 nitrogen and oxygen atoms in total. The Bertz CT molecular complexity index is 1030. The second-order valence-electron chi connectivity index (χ2n) is 7.22. The number of nitrogens with one attached hydrogen (secondary N) is 1. The van der Waals surface area contributed by atoms with E-state index in [-0.39, 0.29) is 35.7 Å². The van der Waals surface area contributed by atoms with E-state index in [2.05, 4.69) is 5.32 Å². The van der Waals surface area contributed by atoms with E-state index in [1.54, 1.807) is 31.3 Å². The molecule has 2 aromatic rings. The fourth-order valence-electron chi connectivity index (χ4n) is 3.35. The zero-order valence-corrected chi connectivity index (χ0v) is 17.7. The van der Waals surface area contributed by atoms with Gasteiger partial charge in [0.05, 0.1) is 0 Å². The van der Waals surface area contributed by atoms with Gasteiger partial charge >= 0.3 is 0 Å². The molecule has 1 aliphatic heterocycles. The lowest BCUT2D eigenvalue weighted by Gasteiger charge is -2.30. The maximum Gasteiger partial charge on any atom is 0.245 e. The molecule has 0 radical (unpaired) electrons. The van der Waals surface area contributed by atoms with Crippen molar-refractivity contribution in [1.82, 2.24) is 4.31 Å². The largest absolute Gasteiger partial charge is 0.326 e. The average molecular weight is 434 g/mol. The van der Waals surface area contributed by atoms with Crippen LogP contribution in [0, 0.1) is 11.7 Å². The van der Waals surface area contributed by atoms with Gasteiger partial charge in [0.1, 0.15) is 10.7 Å². The third-order valence-corrected chi connectivity index (χ3v) is 7.21. The SMILES string of the molecule is CC(=O)N(C)c1ccc(NC(=O)C2CCN(S(=O)(=O)c3ccccc3F)CC2)cc1. The first-order chi connectivity index (χ1) is 14.2. The van der Waals surface area contributed by atoms with Crippen LogP contribution in [0.2, 0.25) is 0 Å². The summed E-state index contributed by atoms with van der Waals surface area (Å²) in [6.45, 7) is 1.77. The van der Waals surface area contributed by atoms with E-state index in [0.717, 1.165) is 6.07 Å². The van der Waals surface area contributed by atoms with Gasteiger partial charge in [0.15, 0.2) is 0 Å². The first-order valence-corrected chi connectivity index (χ1v) is 11.0. The van der Waals surface area contributed by atoms with Gasteiger partial charge in [0, 0.05) is 44.4 Å². The summed E-state index contributed by atoms with van der Waals surface area (Å²) in [5, 5.41) is 2.83. The molecular formula is C21H24FN3O4S. The summed E-state index contributed by atoms with van der Waals surface area (Å²) >= 11 is 0. The Kier molecular flexibility index (Phi) is 6.52. The molecular weight excluding hydrogens is 409 g/mol. The number of anilines is 2. The summed E-state index contributed by atoms with van der Waals surface area (Å²) in [5.74, 6) is -1.40. The fraction of sp³-hybridized carbons (Fsp3) is 0.333. The number of nitrogens with zero attached hydrogens (tertiary/aromatic N) is 2. The van der Waals surface area contributed by atoms with Crippen molar-refractivity contribution >= 4 is 33.2 Å². The predicted octanol–water partition coefficient (Wildman–Crippen LogP) is 2.85. The molecule has 1 fully saturated rings. The van der Waals surface area contributed by atoms with Crippen LogP contribution in [-0.4, -0.2) is 44.7 Å². The van der Waals surface area contributed by atoms with E-state index in [0.29, 0.717) is 24.2 Å². The highest BCUT2D eigenvalue weighted by molar-refractivity contribution is 7.89. The van der Waals surface area contributed by atoms with E-state index in [1.807, 2.05) is 0 Å². The van der Waals surface area contributed by atoms with Crippen molar-refractivity contribution in [2.45, 2.75) is 24.7 Å². The molecule has 1 heterocycles. The van der Waals surface area contributed by atoms with E-state index < -0.39 is 15.8 Å². The van der Waals surface area contributed by atoms with Gasteiger partial charge in [-0.05, 0) is 49.2 Å². The molecule has 3 rings (SSSR count). The Hall–Kier alpha value is -2.78. The molecule has 1 aliphatic rings. The molecule has 0 unspecified atom stereocenters. The van der Waals surface area contributed by atoms with Crippen LogP contribution in [-0.2, 0) is 19.6 Å². The van der Waals surface area contributed by atoms with Crippen LogP contribution in [0.15, 0.2) is 53.4 Å². The van der Waals surface area contributed by atoms with Crippen molar-refractivity contribution in [3.05, 3.63) is 54.3 Å². The summed E-state index contributed by atoms with van der Waals surface area (Å²) in [6.07, 6.45) is 0.704. The van der Waals surface area contributed by atoms with Gasteiger partial charge in [0.2, 0.25) is 21.8 Å². The molecule has 30 heavy (non-hydrogen) atoms. The Morgan fingerprint density at radius 2 is 1.67 bits per heavy atom. The van der Waals surface area contributed by atoms with Gasteiger partial charge in [-0.15, -0.1) is 0 Å². The van der Waals surface area contributed by atoms with Crippen LogP contribution < -0.4 is 10.2 Å². The quantitative estimate of drug-likeness (QED) is 0.786. The summed E-state index contributed by atoms with van der Waals surface area (Å²) in [4.78, 5) is 25.1. The maximum atomic E-state index is 13.9. The molecule has 9 heteroatoms. The number of rotatable bonds is 5. The smallest absolute Gasteiger partial charge is 0.245 e. The molecule has 2 aromatic carbocycles. The first-order valence-electron chi connectivity index (χ1n) is 9.60. The fourth-order valence-corrected chi connectivity index (χ4v) is 4.88. The van der Waals surface area contributed by atoms with Gasteiger partial charge in [-0.2, -0.15) is 4.31 Å². The molecule has 0 atom stereocenters. The standard InChI is InChI=1S/C21H24FN3O4S/c1-15(26)24(2)18-9-7-17(8-10-18)23-21(27)16-11-13-25(14-12-16)30(28,29)20-6-4-3-5-19(20)22/h3-10,16H,11-14H2,1-2H3,(H,23,27). The highest BCUT2D eigenvalue weighted by Crippen LogP contribution is 2.26. The van der Waals surface area contributed by atoms with Crippen molar-refractivity contribution in [2.75, 3.05) is 30.4 Å². The molecule has 0 saturated carbocycles. The maximum absolute atomic E-state index is 13.9. The zero-order valence-electron chi connectivity index (χ0n) is 16.8. The van der Waals surface area contributed by atoms with Gasteiger partial charge in [0.25, 0.3) is 0 Å². The van der Waals surface area contributed by atoms with Crippen LogP contribution in [0.25, 0.3) is 0 Å². The van der Waals surface area contributed by atoms with Gasteiger partial charge in [-0.3, -0.25) is 9.59 Å². The number of amides is 2. The third-order valence-electron chi connectivity index (χ3n) is 5.27. The molecule has 0 aliphatic carbocycles. The average Bonchev–Trinajstić information content (AvgIpc) is 2.74. The lowest BCUT2D eigenvalue weighted by molar-refractivity contribution is -0.121. The molecule has 1 N–H and O–H groups in total. The normalized spacial score (nSPS) is 15.6. The van der Waals surface area contributed by atoms with E-state index >= 15 is 0 Å². The van der Waals surface area contributed by atoms with Gasteiger partial charge < -0.3 is 10.2 Å². The second-order valence-corrected chi connectivity index (χ2v) is 9.13. The van der Waals surface area contributed by atoms with Crippen LogP contribution >= 0.6 is 0 Å². The molecule has 0 spiro atoms. The predicted molar refractivity (Wildman–Crippen MR) is 112 cm³/mol. The summed E-state index contributed by atoms with van der Waals surface area (Å²) < 4.78 is 40.5. The van der Waals surface area contributed by atoms with E-state index in [4.69, 9.17) is 0 Å². The van der Waals surface area contributed by atoms with E-state index in [9.17, 15) is 22.4 Å². The molecule has 160 valence electrons. The number of hydrogen-bond donors (Lipinski definition) is 1. The van der Waals surface area contributed by atoms with Crippen LogP contribution in [0.5, 0.6) is 0 Å². The molecule has 1 saturated heterocycles. The van der Waals surface area contributed by atoms with Crippen molar-refractivity contribution in [1.29, 1.82) is 0 Å². The summed E-state index contributed by atoms with van der Waals surface area (Å²) in [7, 11) is -2.26.